The molecule has 0 unspecified atom stereocenters. The van der Waals surface area contributed by atoms with E-state index in [1.165, 1.54) is 0 Å². The molecule has 0 spiro atoms. The first-order valence-corrected chi connectivity index (χ1v) is 9.61. The quantitative estimate of drug-likeness (QED) is 0.583. The molecule has 1 aromatic carbocycles. The Morgan fingerprint density at radius 2 is 1.81 bits per heavy atom. The lowest BCUT2D eigenvalue weighted by Gasteiger charge is -2.30. The standard InChI is InChI=1S/C20H19F6N5/c1-30-8-2-4-13(11-30)27-18-29-28-17(16-5-3-9-31(16)18)14-7-6-12(19(21,22)23)10-15(14)20(24,25)26/h3,5-7,9-10,13H,2,4,8,11H2,1H3,(H,27,29)/t13-/m1/s1. The van der Waals surface area contributed by atoms with E-state index in [0.717, 1.165) is 32.0 Å². The summed E-state index contributed by atoms with van der Waals surface area (Å²) in [6.07, 6.45) is -6.36. The minimum atomic E-state index is -4.99. The van der Waals surface area contributed by atoms with E-state index < -0.39 is 29.0 Å². The maximum absolute atomic E-state index is 13.6. The van der Waals surface area contributed by atoms with Gasteiger partial charge in [-0.2, -0.15) is 26.3 Å². The Bertz CT molecular complexity index is 1090. The molecule has 166 valence electrons. The zero-order valence-electron chi connectivity index (χ0n) is 16.4. The molecule has 0 radical (unpaired) electrons. The van der Waals surface area contributed by atoms with Gasteiger partial charge in [0.25, 0.3) is 0 Å². The van der Waals surface area contributed by atoms with Crippen molar-refractivity contribution in [3.05, 3.63) is 47.7 Å². The van der Waals surface area contributed by atoms with Crippen molar-refractivity contribution in [2.45, 2.75) is 31.2 Å². The number of hydrogen-bond acceptors (Lipinski definition) is 4. The van der Waals surface area contributed by atoms with Crippen molar-refractivity contribution in [3.63, 3.8) is 0 Å². The smallest absolute Gasteiger partial charge is 0.350 e. The molecule has 0 bridgehead atoms. The second-order valence-electron chi connectivity index (χ2n) is 7.64. The van der Waals surface area contributed by atoms with Crippen LogP contribution in [-0.2, 0) is 12.4 Å². The van der Waals surface area contributed by atoms with Crippen LogP contribution < -0.4 is 5.32 Å². The Labute approximate surface area is 173 Å². The lowest BCUT2D eigenvalue weighted by Crippen LogP contribution is -2.40. The van der Waals surface area contributed by atoms with Crippen molar-refractivity contribution in [1.29, 1.82) is 0 Å². The highest BCUT2D eigenvalue weighted by Crippen LogP contribution is 2.41. The van der Waals surface area contributed by atoms with Gasteiger partial charge in [-0.15, -0.1) is 10.2 Å². The van der Waals surface area contributed by atoms with E-state index in [1.807, 2.05) is 7.05 Å². The first kappa shape index (κ1) is 21.4. The van der Waals surface area contributed by atoms with Crippen molar-refractivity contribution in [1.82, 2.24) is 19.5 Å². The van der Waals surface area contributed by atoms with Crippen LogP contribution >= 0.6 is 0 Å². The molecule has 1 N–H and O–H groups in total. The van der Waals surface area contributed by atoms with Crippen LogP contribution in [0.25, 0.3) is 16.8 Å². The van der Waals surface area contributed by atoms with Crippen LogP contribution in [-0.4, -0.2) is 45.7 Å². The van der Waals surface area contributed by atoms with Crippen LogP contribution in [0.4, 0.5) is 32.3 Å². The highest BCUT2D eigenvalue weighted by Gasteiger charge is 2.39. The summed E-state index contributed by atoms with van der Waals surface area (Å²) < 4.78 is 81.4. The summed E-state index contributed by atoms with van der Waals surface area (Å²) in [5.74, 6) is 0.365. The lowest BCUT2D eigenvalue weighted by molar-refractivity contribution is -0.142. The largest absolute Gasteiger partial charge is 0.417 e. The fourth-order valence-electron chi connectivity index (χ4n) is 3.87. The molecule has 3 heterocycles. The molecule has 31 heavy (non-hydrogen) atoms. The lowest BCUT2D eigenvalue weighted by atomic mass is 10.00. The van der Waals surface area contributed by atoms with E-state index in [9.17, 15) is 26.3 Å². The topological polar surface area (TPSA) is 45.5 Å². The maximum Gasteiger partial charge on any atom is 0.417 e. The zero-order valence-corrected chi connectivity index (χ0v) is 16.4. The number of aromatic nitrogens is 3. The van der Waals surface area contributed by atoms with Crippen molar-refractivity contribution in [2.24, 2.45) is 0 Å². The normalized spacial score (nSPS) is 18.5. The summed E-state index contributed by atoms with van der Waals surface area (Å²) in [4.78, 5) is 2.16. The van der Waals surface area contributed by atoms with Gasteiger partial charge in [-0.1, -0.05) is 6.07 Å². The Kier molecular flexibility index (Phi) is 5.32. The van der Waals surface area contributed by atoms with Crippen LogP contribution in [0, 0.1) is 0 Å². The number of rotatable bonds is 3. The average molecular weight is 443 g/mol. The van der Waals surface area contributed by atoms with Gasteiger partial charge in [-0.25, -0.2) is 0 Å². The summed E-state index contributed by atoms with van der Waals surface area (Å²) in [5.41, 5.74) is -3.07. The second-order valence-corrected chi connectivity index (χ2v) is 7.64. The van der Waals surface area contributed by atoms with E-state index in [2.05, 4.69) is 20.4 Å². The molecule has 1 aliphatic heterocycles. The van der Waals surface area contributed by atoms with Crippen molar-refractivity contribution < 1.29 is 26.3 Å². The molecule has 3 aromatic rings. The van der Waals surface area contributed by atoms with E-state index in [-0.39, 0.29) is 17.8 Å². The molecule has 1 saturated heterocycles. The van der Waals surface area contributed by atoms with Gasteiger partial charge in [0.05, 0.1) is 16.6 Å². The minimum absolute atomic E-state index is 0.0984. The molecule has 2 aromatic heterocycles. The molecule has 0 amide bonds. The molecule has 1 atom stereocenters. The number of nitrogens with zero attached hydrogens (tertiary/aromatic N) is 4. The zero-order chi connectivity index (χ0) is 22.4. The third-order valence-corrected chi connectivity index (χ3v) is 5.33. The SMILES string of the molecule is CN1CCC[C@@H](Nc2nnc(-c3ccc(C(F)(F)F)cc3C(F)(F)F)c3cccn23)C1. The molecule has 11 heteroatoms. The maximum atomic E-state index is 13.6. The molecule has 5 nitrogen and oxygen atoms in total. The Balaban J connectivity index is 1.78. The van der Waals surface area contributed by atoms with Gasteiger partial charge in [-0.05, 0) is 50.7 Å². The van der Waals surface area contributed by atoms with E-state index in [1.54, 1.807) is 22.7 Å². The number of benzene rings is 1. The van der Waals surface area contributed by atoms with Crippen molar-refractivity contribution in [3.8, 4) is 11.3 Å². The van der Waals surface area contributed by atoms with Gasteiger partial charge in [0.2, 0.25) is 5.95 Å². The predicted octanol–water partition coefficient (Wildman–Crippen LogP) is 4.94. The number of nitrogens with one attached hydrogen (secondary N) is 1. The number of likely N-dealkylation sites (N-methyl/N-ethyl adjacent to an activating group) is 1. The van der Waals surface area contributed by atoms with Gasteiger partial charge >= 0.3 is 12.4 Å². The molecule has 1 fully saturated rings. The predicted molar refractivity (Wildman–Crippen MR) is 103 cm³/mol. The number of halogens is 6. The molecule has 0 saturated carbocycles. The van der Waals surface area contributed by atoms with E-state index >= 15 is 0 Å². The molecular formula is C20H19F6N5. The highest BCUT2D eigenvalue weighted by atomic mass is 19.4. The third-order valence-electron chi connectivity index (χ3n) is 5.33. The highest BCUT2D eigenvalue weighted by molar-refractivity contribution is 5.80. The fraction of sp³-hybridized carbons (Fsp3) is 0.400. The number of alkyl halides is 6. The monoisotopic (exact) mass is 443 g/mol. The fourth-order valence-corrected chi connectivity index (χ4v) is 3.87. The molecule has 0 aliphatic carbocycles. The third kappa shape index (κ3) is 4.32. The average Bonchev–Trinajstić information content (AvgIpc) is 3.17. The van der Waals surface area contributed by atoms with Gasteiger partial charge in [0.1, 0.15) is 5.69 Å². The number of piperidine rings is 1. The molecule has 1 aliphatic rings. The van der Waals surface area contributed by atoms with Crippen LogP contribution in [0.15, 0.2) is 36.5 Å². The van der Waals surface area contributed by atoms with Gasteiger partial charge in [-0.3, -0.25) is 4.40 Å². The van der Waals surface area contributed by atoms with Crippen LogP contribution in [0.1, 0.15) is 24.0 Å². The summed E-state index contributed by atoms with van der Waals surface area (Å²) >= 11 is 0. The first-order valence-electron chi connectivity index (χ1n) is 9.61. The number of likely N-dealkylation sites (tertiary alicyclic amines) is 1. The number of anilines is 1. The summed E-state index contributed by atoms with van der Waals surface area (Å²) in [6, 6.07) is 4.81. The van der Waals surface area contributed by atoms with Crippen molar-refractivity contribution in [2.75, 3.05) is 25.5 Å². The summed E-state index contributed by atoms with van der Waals surface area (Å²) in [6.45, 7) is 1.76. The molecule has 4 rings (SSSR count). The van der Waals surface area contributed by atoms with Gasteiger partial charge in [0.15, 0.2) is 0 Å². The second kappa shape index (κ2) is 7.70. The van der Waals surface area contributed by atoms with Crippen LogP contribution in [0.2, 0.25) is 0 Å². The Morgan fingerprint density at radius 3 is 2.48 bits per heavy atom. The van der Waals surface area contributed by atoms with Gasteiger partial charge in [0, 0.05) is 24.3 Å². The summed E-state index contributed by atoms with van der Waals surface area (Å²) in [5, 5.41) is 11.3. The van der Waals surface area contributed by atoms with E-state index in [0.29, 0.717) is 17.5 Å². The summed E-state index contributed by atoms with van der Waals surface area (Å²) in [7, 11) is 2.00. The number of hydrogen-bond donors (Lipinski definition) is 1. The Hall–Kier alpha value is -2.82. The van der Waals surface area contributed by atoms with E-state index in [4.69, 9.17) is 0 Å². The number of fused-ring (bicyclic) bond motifs is 1. The van der Waals surface area contributed by atoms with Crippen molar-refractivity contribution >= 4 is 11.5 Å². The first-order chi connectivity index (χ1) is 14.5. The van der Waals surface area contributed by atoms with Crippen LogP contribution in [0.5, 0.6) is 0 Å². The van der Waals surface area contributed by atoms with Crippen LogP contribution in [0.3, 0.4) is 0 Å². The molecular weight excluding hydrogens is 424 g/mol. The van der Waals surface area contributed by atoms with Gasteiger partial charge < -0.3 is 10.2 Å². The Morgan fingerprint density at radius 1 is 1.03 bits per heavy atom. The minimum Gasteiger partial charge on any atom is -0.350 e.